The molecule has 0 saturated heterocycles. The van der Waals surface area contributed by atoms with E-state index in [0.29, 0.717) is 36.0 Å². The molecule has 2 aromatic carbocycles. The molecule has 2 rings (SSSR count). The second-order valence-electron chi connectivity index (χ2n) is 5.50. The van der Waals surface area contributed by atoms with Crippen LogP contribution in [0.2, 0.25) is 0 Å². The third-order valence-corrected chi connectivity index (χ3v) is 3.38. The van der Waals surface area contributed by atoms with Crippen molar-refractivity contribution in [3.8, 4) is 11.5 Å². The summed E-state index contributed by atoms with van der Waals surface area (Å²) in [6.07, 6.45) is 2.34. The number of hydrogen-bond donors (Lipinski definition) is 2. The van der Waals surface area contributed by atoms with Crippen molar-refractivity contribution in [3.05, 3.63) is 54.1 Å². The van der Waals surface area contributed by atoms with Gasteiger partial charge in [0.25, 0.3) is 0 Å². The molecule has 0 aliphatic carbocycles. The number of nitrogens with zero attached hydrogens (tertiary/aromatic N) is 1. The minimum Gasteiger partial charge on any atom is -0.494 e. The summed E-state index contributed by atoms with van der Waals surface area (Å²) in [5.74, 6) is -0.330. The van der Waals surface area contributed by atoms with Gasteiger partial charge >= 0.3 is 11.8 Å². The molecular weight excluding hydrogens is 346 g/mol. The maximum atomic E-state index is 11.9. The van der Waals surface area contributed by atoms with Gasteiger partial charge in [-0.2, -0.15) is 5.10 Å². The largest absolute Gasteiger partial charge is 0.494 e. The van der Waals surface area contributed by atoms with E-state index in [-0.39, 0.29) is 0 Å². The Bertz CT molecular complexity index is 788. The summed E-state index contributed by atoms with van der Waals surface area (Å²) in [6.45, 7) is 5.04. The number of ether oxygens (including phenoxy) is 2. The van der Waals surface area contributed by atoms with Crippen molar-refractivity contribution >= 4 is 23.7 Å². The Morgan fingerprint density at radius 2 is 1.74 bits per heavy atom. The molecule has 0 heterocycles. The second-order valence-corrected chi connectivity index (χ2v) is 5.50. The van der Waals surface area contributed by atoms with Gasteiger partial charge in [-0.1, -0.05) is 19.1 Å². The van der Waals surface area contributed by atoms with Crippen LogP contribution in [0.4, 0.5) is 5.69 Å². The van der Waals surface area contributed by atoms with E-state index in [4.69, 9.17) is 9.47 Å². The highest BCUT2D eigenvalue weighted by Crippen LogP contribution is 2.16. The molecule has 0 aliphatic rings. The van der Waals surface area contributed by atoms with Crippen molar-refractivity contribution in [2.45, 2.75) is 20.3 Å². The molecule has 0 atom stereocenters. The van der Waals surface area contributed by atoms with Gasteiger partial charge < -0.3 is 14.8 Å². The summed E-state index contributed by atoms with van der Waals surface area (Å²) in [7, 11) is 0. The minimum absolute atomic E-state index is 0.490. The molecule has 0 aliphatic heterocycles. The van der Waals surface area contributed by atoms with Gasteiger partial charge in [-0.3, -0.25) is 9.59 Å². The van der Waals surface area contributed by atoms with E-state index in [9.17, 15) is 9.59 Å². The summed E-state index contributed by atoms with van der Waals surface area (Å²) in [5.41, 5.74) is 3.39. The highest BCUT2D eigenvalue weighted by molar-refractivity contribution is 6.39. The van der Waals surface area contributed by atoms with Gasteiger partial charge in [0.05, 0.1) is 19.4 Å². The minimum atomic E-state index is -0.869. The van der Waals surface area contributed by atoms with Gasteiger partial charge in [0, 0.05) is 11.3 Å². The number of rotatable bonds is 8. The fourth-order valence-electron chi connectivity index (χ4n) is 2.13. The molecule has 7 nitrogen and oxygen atoms in total. The highest BCUT2D eigenvalue weighted by Gasteiger charge is 2.13. The second kappa shape index (κ2) is 10.6. The number of carbonyl (C=O) groups excluding carboxylic acids is 2. The first-order valence-corrected chi connectivity index (χ1v) is 8.73. The Balaban J connectivity index is 1.87. The summed E-state index contributed by atoms with van der Waals surface area (Å²) in [4.78, 5) is 23.8. The number of nitrogens with one attached hydrogen (secondary N) is 2. The molecule has 2 N–H and O–H groups in total. The van der Waals surface area contributed by atoms with Crippen LogP contribution in [0.3, 0.4) is 0 Å². The normalized spacial score (nSPS) is 10.4. The van der Waals surface area contributed by atoms with Crippen molar-refractivity contribution in [2.24, 2.45) is 5.10 Å². The standard InChI is InChI=1S/C20H23N3O4/c1-3-13-27-17-11-9-16(10-12-17)22-19(24)20(25)23-21-14-15-7-5-6-8-18(15)26-4-2/h5-12,14H,3-4,13H2,1-2H3,(H,22,24)(H,23,25)/b21-14-. The topological polar surface area (TPSA) is 89.0 Å². The predicted octanol–water partition coefficient (Wildman–Crippen LogP) is 2.96. The van der Waals surface area contributed by atoms with Crippen LogP contribution < -0.4 is 20.2 Å². The molecule has 0 radical (unpaired) electrons. The number of benzene rings is 2. The van der Waals surface area contributed by atoms with Crippen LogP contribution >= 0.6 is 0 Å². The fraction of sp³-hybridized carbons (Fsp3) is 0.250. The zero-order valence-electron chi connectivity index (χ0n) is 15.4. The van der Waals surface area contributed by atoms with E-state index in [1.807, 2.05) is 26.0 Å². The van der Waals surface area contributed by atoms with Gasteiger partial charge in [0.2, 0.25) is 0 Å². The average Bonchev–Trinajstić information content (AvgIpc) is 2.69. The van der Waals surface area contributed by atoms with Crippen LogP contribution in [0.15, 0.2) is 53.6 Å². The van der Waals surface area contributed by atoms with E-state index >= 15 is 0 Å². The summed E-state index contributed by atoms with van der Waals surface area (Å²) < 4.78 is 10.9. The van der Waals surface area contributed by atoms with Gasteiger partial charge in [0.1, 0.15) is 11.5 Å². The number of amides is 2. The third kappa shape index (κ3) is 6.47. The average molecular weight is 369 g/mol. The van der Waals surface area contributed by atoms with E-state index in [0.717, 1.165) is 6.42 Å². The molecule has 0 fully saturated rings. The molecule has 0 saturated carbocycles. The van der Waals surface area contributed by atoms with Gasteiger partial charge in [-0.05, 0) is 49.7 Å². The molecule has 2 aromatic rings. The monoisotopic (exact) mass is 369 g/mol. The van der Waals surface area contributed by atoms with Crippen molar-refractivity contribution in [1.82, 2.24) is 5.43 Å². The first-order chi connectivity index (χ1) is 13.1. The molecule has 0 aromatic heterocycles. The number of carbonyl (C=O) groups is 2. The number of hydrazone groups is 1. The van der Waals surface area contributed by atoms with Crippen LogP contribution in [0.1, 0.15) is 25.8 Å². The molecule has 142 valence electrons. The Morgan fingerprint density at radius 1 is 1.00 bits per heavy atom. The van der Waals surface area contributed by atoms with Crippen molar-refractivity contribution in [2.75, 3.05) is 18.5 Å². The smallest absolute Gasteiger partial charge is 0.329 e. The SMILES string of the molecule is CCCOc1ccc(NC(=O)C(=O)N/N=C\c2ccccc2OCC)cc1. The lowest BCUT2D eigenvalue weighted by Crippen LogP contribution is -2.32. The van der Waals surface area contributed by atoms with E-state index < -0.39 is 11.8 Å². The van der Waals surface area contributed by atoms with Gasteiger partial charge in [-0.15, -0.1) is 0 Å². The van der Waals surface area contributed by atoms with Crippen LogP contribution in [0.25, 0.3) is 0 Å². The van der Waals surface area contributed by atoms with Crippen LogP contribution in [0, 0.1) is 0 Å². The summed E-state index contributed by atoms with van der Waals surface area (Å²) in [5, 5.41) is 6.31. The zero-order valence-corrected chi connectivity index (χ0v) is 15.4. The third-order valence-electron chi connectivity index (χ3n) is 3.38. The maximum absolute atomic E-state index is 11.9. The highest BCUT2D eigenvalue weighted by atomic mass is 16.5. The fourth-order valence-corrected chi connectivity index (χ4v) is 2.13. The molecule has 0 bridgehead atoms. The quantitative estimate of drug-likeness (QED) is 0.425. The lowest BCUT2D eigenvalue weighted by molar-refractivity contribution is -0.136. The molecule has 0 spiro atoms. The van der Waals surface area contributed by atoms with Crippen molar-refractivity contribution in [1.29, 1.82) is 0 Å². The Labute approximate surface area is 158 Å². The van der Waals surface area contributed by atoms with Gasteiger partial charge in [0.15, 0.2) is 0 Å². The Kier molecular flexibility index (Phi) is 7.84. The molecule has 27 heavy (non-hydrogen) atoms. The Hall–Kier alpha value is -3.35. The number of anilines is 1. The number of hydrogen-bond acceptors (Lipinski definition) is 5. The molecule has 2 amide bonds. The van der Waals surface area contributed by atoms with E-state index in [1.165, 1.54) is 6.21 Å². The van der Waals surface area contributed by atoms with E-state index in [2.05, 4.69) is 15.8 Å². The van der Waals surface area contributed by atoms with Gasteiger partial charge in [-0.25, -0.2) is 5.43 Å². The molecule has 0 unspecified atom stereocenters. The van der Waals surface area contributed by atoms with Crippen LogP contribution in [-0.2, 0) is 9.59 Å². The number of para-hydroxylation sites is 1. The maximum Gasteiger partial charge on any atom is 0.329 e. The first kappa shape index (κ1) is 20.0. The van der Waals surface area contributed by atoms with Crippen LogP contribution in [0.5, 0.6) is 11.5 Å². The van der Waals surface area contributed by atoms with Crippen molar-refractivity contribution < 1.29 is 19.1 Å². The Morgan fingerprint density at radius 3 is 2.44 bits per heavy atom. The van der Waals surface area contributed by atoms with Crippen LogP contribution in [-0.4, -0.2) is 31.2 Å². The lowest BCUT2D eigenvalue weighted by Gasteiger charge is -2.07. The summed E-state index contributed by atoms with van der Waals surface area (Å²) >= 11 is 0. The first-order valence-electron chi connectivity index (χ1n) is 8.73. The predicted molar refractivity (Wildman–Crippen MR) is 104 cm³/mol. The zero-order chi connectivity index (χ0) is 19.5. The lowest BCUT2D eigenvalue weighted by atomic mass is 10.2. The molecular formula is C20H23N3O4. The van der Waals surface area contributed by atoms with Crippen molar-refractivity contribution in [3.63, 3.8) is 0 Å². The summed E-state index contributed by atoms with van der Waals surface area (Å²) in [6, 6.07) is 14.0. The molecule has 7 heteroatoms. The van der Waals surface area contributed by atoms with E-state index in [1.54, 1.807) is 36.4 Å².